The number of hydrogen-bond acceptors (Lipinski definition) is 2. The molecule has 1 saturated carbocycles. The molecule has 3 nitrogen and oxygen atoms in total. The predicted molar refractivity (Wildman–Crippen MR) is 76.9 cm³/mol. The zero-order valence-corrected chi connectivity index (χ0v) is 11.7. The van der Waals surface area contributed by atoms with Gasteiger partial charge in [-0.1, -0.05) is 29.8 Å². The summed E-state index contributed by atoms with van der Waals surface area (Å²) in [5.74, 6) is -0.197. The molecular formula is C15H18ClNO2. The molecule has 0 aromatic heterocycles. The van der Waals surface area contributed by atoms with Gasteiger partial charge in [-0.3, -0.25) is 4.79 Å². The largest absolute Gasteiger partial charge is 0.388 e. The molecule has 0 unspecified atom stereocenters. The van der Waals surface area contributed by atoms with E-state index in [4.69, 9.17) is 11.6 Å². The Hall–Kier alpha value is -1.32. The van der Waals surface area contributed by atoms with E-state index in [0.29, 0.717) is 11.6 Å². The Kier molecular flexibility index (Phi) is 4.27. The van der Waals surface area contributed by atoms with Crippen molar-refractivity contribution in [3.05, 3.63) is 40.9 Å². The van der Waals surface area contributed by atoms with Gasteiger partial charge in [-0.25, -0.2) is 0 Å². The number of rotatable bonds is 4. The average Bonchev–Trinajstić information content (AvgIpc) is 2.34. The van der Waals surface area contributed by atoms with Crippen LogP contribution in [-0.2, 0) is 4.79 Å². The second-order valence-corrected chi connectivity index (χ2v) is 5.51. The molecule has 0 heterocycles. The SMILES string of the molecule is CC(=CC(=O)NCC1(O)CCC1)c1ccccc1Cl. The summed E-state index contributed by atoms with van der Waals surface area (Å²) in [5.41, 5.74) is 0.965. The number of carbonyl (C=O) groups is 1. The highest BCUT2D eigenvalue weighted by molar-refractivity contribution is 6.32. The number of hydrogen-bond donors (Lipinski definition) is 2. The van der Waals surface area contributed by atoms with E-state index in [-0.39, 0.29) is 5.91 Å². The molecule has 1 fully saturated rings. The summed E-state index contributed by atoms with van der Waals surface area (Å²) < 4.78 is 0. The van der Waals surface area contributed by atoms with Crippen molar-refractivity contribution in [2.45, 2.75) is 31.8 Å². The number of aliphatic hydroxyl groups is 1. The van der Waals surface area contributed by atoms with E-state index in [1.54, 1.807) is 6.07 Å². The quantitative estimate of drug-likeness (QED) is 0.833. The summed E-state index contributed by atoms with van der Waals surface area (Å²) in [6, 6.07) is 7.41. The summed E-state index contributed by atoms with van der Waals surface area (Å²) in [7, 11) is 0. The summed E-state index contributed by atoms with van der Waals surface area (Å²) in [6.07, 6.45) is 4.07. The molecule has 0 spiro atoms. The molecule has 2 N–H and O–H groups in total. The zero-order chi connectivity index (χ0) is 13.9. The maximum Gasteiger partial charge on any atom is 0.244 e. The van der Waals surface area contributed by atoms with Gasteiger partial charge in [-0.15, -0.1) is 0 Å². The van der Waals surface area contributed by atoms with E-state index >= 15 is 0 Å². The molecular weight excluding hydrogens is 262 g/mol. The van der Waals surface area contributed by atoms with Crippen molar-refractivity contribution in [1.29, 1.82) is 0 Å². The van der Waals surface area contributed by atoms with Crippen LogP contribution in [0.25, 0.3) is 5.57 Å². The molecule has 0 saturated heterocycles. The lowest BCUT2D eigenvalue weighted by molar-refractivity contribution is -0.118. The van der Waals surface area contributed by atoms with Gasteiger partial charge in [0.25, 0.3) is 0 Å². The standard InChI is InChI=1S/C15H18ClNO2/c1-11(12-5-2-3-6-13(12)16)9-14(18)17-10-15(19)7-4-8-15/h2-3,5-6,9,19H,4,7-8,10H2,1H3,(H,17,18). The molecule has 1 aliphatic carbocycles. The maximum absolute atomic E-state index is 11.8. The van der Waals surface area contributed by atoms with Crippen LogP contribution in [0.1, 0.15) is 31.7 Å². The number of allylic oxidation sites excluding steroid dienone is 1. The van der Waals surface area contributed by atoms with Gasteiger partial charge in [-0.2, -0.15) is 0 Å². The van der Waals surface area contributed by atoms with Crippen molar-refractivity contribution in [2.24, 2.45) is 0 Å². The van der Waals surface area contributed by atoms with Crippen LogP contribution in [0.15, 0.2) is 30.3 Å². The minimum absolute atomic E-state index is 0.197. The Balaban J connectivity index is 1.96. The monoisotopic (exact) mass is 279 g/mol. The number of carbonyl (C=O) groups excluding carboxylic acids is 1. The lowest BCUT2D eigenvalue weighted by Crippen LogP contribution is -2.47. The Morgan fingerprint density at radius 2 is 2.16 bits per heavy atom. The van der Waals surface area contributed by atoms with Crippen LogP contribution in [0.3, 0.4) is 0 Å². The highest BCUT2D eigenvalue weighted by atomic mass is 35.5. The van der Waals surface area contributed by atoms with Crippen LogP contribution in [0.5, 0.6) is 0 Å². The Bertz CT molecular complexity index is 507. The first-order valence-electron chi connectivity index (χ1n) is 6.44. The molecule has 102 valence electrons. The van der Waals surface area contributed by atoms with Gasteiger partial charge in [0, 0.05) is 17.6 Å². The van der Waals surface area contributed by atoms with Crippen LogP contribution in [0.4, 0.5) is 0 Å². The second-order valence-electron chi connectivity index (χ2n) is 5.10. The maximum atomic E-state index is 11.8. The van der Waals surface area contributed by atoms with Crippen molar-refractivity contribution in [3.63, 3.8) is 0 Å². The van der Waals surface area contributed by atoms with Gasteiger partial charge in [0.1, 0.15) is 0 Å². The van der Waals surface area contributed by atoms with E-state index in [9.17, 15) is 9.90 Å². The molecule has 1 aromatic carbocycles. The summed E-state index contributed by atoms with van der Waals surface area (Å²) in [4.78, 5) is 11.8. The van der Waals surface area contributed by atoms with Gasteiger partial charge >= 0.3 is 0 Å². The number of amides is 1. The summed E-state index contributed by atoms with van der Waals surface area (Å²) in [5, 5.41) is 13.3. The predicted octanol–water partition coefficient (Wildman–Crippen LogP) is 2.77. The third-order valence-corrected chi connectivity index (χ3v) is 3.85. The van der Waals surface area contributed by atoms with Crippen molar-refractivity contribution in [2.75, 3.05) is 6.54 Å². The average molecular weight is 280 g/mol. The van der Waals surface area contributed by atoms with Crippen LogP contribution in [0, 0.1) is 0 Å². The highest BCUT2D eigenvalue weighted by Crippen LogP contribution is 2.30. The molecule has 1 aliphatic rings. The van der Waals surface area contributed by atoms with Gasteiger partial charge in [-0.05, 0) is 43.4 Å². The van der Waals surface area contributed by atoms with Crippen molar-refractivity contribution >= 4 is 23.1 Å². The zero-order valence-electron chi connectivity index (χ0n) is 10.9. The van der Waals surface area contributed by atoms with Crippen molar-refractivity contribution in [3.8, 4) is 0 Å². The second kappa shape index (κ2) is 5.76. The Morgan fingerprint density at radius 1 is 1.47 bits per heavy atom. The molecule has 0 radical (unpaired) electrons. The van der Waals surface area contributed by atoms with Gasteiger partial charge in [0.15, 0.2) is 0 Å². The lowest BCUT2D eigenvalue weighted by atomic mass is 9.80. The molecule has 4 heteroatoms. The highest BCUT2D eigenvalue weighted by Gasteiger charge is 2.34. The first-order chi connectivity index (χ1) is 9.00. The van der Waals surface area contributed by atoms with Crippen LogP contribution >= 0.6 is 11.6 Å². The fraction of sp³-hybridized carbons (Fsp3) is 0.400. The molecule has 19 heavy (non-hydrogen) atoms. The third-order valence-electron chi connectivity index (χ3n) is 3.52. The fourth-order valence-corrected chi connectivity index (χ4v) is 2.40. The van der Waals surface area contributed by atoms with Gasteiger partial charge in [0.2, 0.25) is 5.91 Å². The molecule has 2 rings (SSSR count). The normalized spacial score (nSPS) is 17.7. The van der Waals surface area contributed by atoms with E-state index < -0.39 is 5.60 Å². The van der Waals surface area contributed by atoms with E-state index in [1.807, 2.05) is 25.1 Å². The number of nitrogens with one attached hydrogen (secondary N) is 1. The van der Waals surface area contributed by atoms with Gasteiger partial charge < -0.3 is 10.4 Å². The van der Waals surface area contributed by atoms with Crippen molar-refractivity contribution in [1.82, 2.24) is 5.32 Å². The number of benzene rings is 1. The minimum atomic E-state index is -0.693. The van der Waals surface area contributed by atoms with Crippen LogP contribution in [-0.4, -0.2) is 23.2 Å². The first kappa shape index (κ1) is 14.1. The number of halogens is 1. The Morgan fingerprint density at radius 3 is 2.74 bits per heavy atom. The molecule has 0 aliphatic heterocycles. The topological polar surface area (TPSA) is 49.3 Å². The molecule has 0 bridgehead atoms. The van der Waals surface area contributed by atoms with E-state index in [2.05, 4.69) is 5.32 Å². The van der Waals surface area contributed by atoms with Crippen molar-refractivity contribution < 1.29 is 9.90 Å². The molecule has 1 amide bonds. The fourth-order valence-electron chi connectivity index (χ4n) is 2.12. The first-order valence-corrected chi connectivity index (χ1v) is 6.81. The Labute approximate surface area is 118 Å². The third kappa shape index (κ3) is 3.58. The lowest BCUT2D eigenvalue weighted by Gasteiger charge is -2.36. The molecule has 0 atom stereocenters. The molecule has 1 aromatic rings. The van der Waals surface area contributed by atoms with Crippen LogP contribution in [0.2, 0.25) is 5.02 Å². The minimum Gasteiger partial charge on any atom is -0.388 e. The van der Waals surface area contributed by atoms with Gasteiger partial charge in [0.05, 0.1) is 5.60 Å². The smallest absolute Gasteiger partial charge is 0.244 e. The van der Waals surface area contributed by atoms with Crippen LogP contribution < -0.4 is 5.32 Å². The summed E-state index contributed by atoms with van der Waals surface area (Å²) >= 11 is 6.07. The van der Waals surface area contributed by atoms with E-state index in [1.165, 1.54) is 6.08 Å². The van der Waals surface area contributed by atoms with E-state index in [0.717, 1.165) is 30.4 Å². The summed E-state index contributed by atoms with van der Waals surface area (Å²) in [6.45, 7) is 2.16.